The van der Waals surface area contributed by atoms with Crippen LogP contribution in [-0.2, 0) is 4.79 Å². The molecule has 0 aromatic rings. The maximum absolute atomic E-state index is 10.5. The highest BCUT2D eigenvalue weighted by atomic mass is 79.9. The maximum Gasteiger partial charge on any atom is 0.197 e. The van der Waals surface area contributed by atoms with Crippen molar-refractivity contribution in [2.24, 2.45) is 0 Å². The van der Waals surface area contributed by atoms with Crippen molar-refractivity contribution in [1.82, 2.24) is 0 Å². The van der Waals surface area contributed by atoms with E-state index in [4.69, 9.17) is 0 Å². The van der Waals surface area contributed by atoms with Crippen LogP contribution in [0.1, 0.15) is 51.4 Å². The van der Waals surface area contributed by atoms with E-state index in [1.807, 2.05) is 6.08 Å². The lowest BCUT2D eigenvalue weighted by Crippen LogP contribution is -1.85. The van der Waals surface area contributed by atoms with Gasteiger partial charge in [0.15, 0.2) is 4.69 Å². The average Bonchev–Trinajstić information content (AvgIpc) is 2.09. The Bertz CT molecular complexity index is 143. The Morgan fingerprint density at radius 1 is 1.08 bits per heavy atom. The van der Waals surface area contributed by atoms with E-state index in [1.165, 1.54) is 32.1 Å². The van der Waals surface area contributed by atoms with Crippen LogP contribution in [0.2, 0.25) is 0 Å². The topological polar surface area (TPSA) is 17.1 Å². The lowest BCUT2D eigenvalue weighted by molar-refractivity contribution is -0.110. The second kappa shape index (κ2) is 9.97. The molecule has 0 bridgehead atoms. The smallest absolute Gasteiger partial charge is 0.197 e. The minimum atomic E-state index is 0.138. The molecule has 0 aliphatic rings. The van der Waals surface area contributed by atoms with Gasteiger partial charge in [-0.05, 0) is 35.2 Å². The number of unbranched alkanes of at least 4 members (excludes halogenated alkanes) is 6. The Labute approximate surface area is 89.7 Å². The molecule has 0 aromatic heterocycles. The van der Waals surface area contributed by atoms with E-state index in [-0.39, 0.29) is 4.69 Å². The van der Waals surface area contributed by atoms with Crippen molar-refractivity contribution in [3.05, 3.63) is 12.7 Å². The summed E-state index contributed by atoms with van der Waals surface area (Å²) in [5.41, 5.74) is 0. The molecule has 76 valence electrons. The lowest BCUT2D eigenvalue weighted by atomic mass is 10.1. The van der Waals surface area contributed by atoms with Gasteiger partial charge < -0.3 is 0 Å². The number of rotatable bonds is 9. The minimum absolute atomic E-state index is 0.138. The normalized spacial score (nSPS) is 9.92. The highest BCUT2D eigenvalue weighted by Crippen LogP contribution is 2.09. The number of carbonyl (C=O) groups excluding carboxylic acids is 1. The van der Waals surface area contributed by atoms with Gasteiger partial charge in [0.2, 0.25) is 0 Å². The van der Waals surface area contributed by atoms with Gasteiger partial charge in [-0.1, -0.05) is 31.8 Å². The van der Waals surface area contributed by atoms with Gasteiger partial charge in [-0.15, -0.1) is 6.58 Å². The van der Waals surface area contributed by atoms with Crippen molar-refractivity contribution < 1.29 is 4.79 Å². The maximum atomic E-state index is 10.5. The van der Waals surface area contributed by atoms with Crippen molar-refractivity contribution in [2.75, 3.05) is 0 Å². The summed E-state index contributed by atoms with van der Waals surface area (Å²) in [5.74, 6) is 0. The fourth-order valence-corrected chi connectivity index (χ4v) is 1.54. The zero-order valence-corrected chi connectivity index (χ0v) is 9.81. The first-order chi connectivity index (χ1) is 6.27. The van der Waals surface area contributed by atoms with Gasteiger partial charge in [-0.25, -0.2) is 0 Å². The average molecular weight is 247 g/mol. The van der Waals surface area contributed by atoms with E-state index in [0.717, 1.165) is 12.8 Å². The van der Waals surface area contributed by atoms with Crippen molar-refractivity contribution >= 4 is 20.6 Å². The highest BCUT2D eigenvalue weighted by molar-refractivity contribution is 9.18. The van der Waals surface area contributed by atoms with Crippen molar-refractivity contribution in [3.63, 3.8) is 0 Å². The van der Waals surface area contributed by atoms with E-state index >= 15 is 0 Å². The van der Waals surface area contributed by atoms with Crippen LogP contribution in [0.4, 0.5) is 0 Å². The number of carbonyl (C=O) groups is 1. The second-order valence-corrected chi connectivity index (χ2v) is 4.19. The monoisotopic (exact) mass is 246 g/mol. The number of hydrogen-bond donors (Lipinski definition) is 0. The van der Waals surface area contributed by atoms with Crippen LogP contribution in [0.3, 0.4) is 0 Å². The fraction of sp³-hybridized carbons (Fsp3) is 0.727. The van der Waals surface area contributed by atoms with Crippen molar-refractivity contribution in [1.29, 1.82) is 0 Å². The third-order valence-corrected chi connectivity index (χ3v) is 2.43. The first kappa shape index (κ1) is 12.9. The van der Waals surface area contributed by atoms with Crippen LogP contribution in [-0.4, -0.2) is 4.69 Å². The molecule has 0 spiro atoms. The predicted octanol–water partition coefficient (Wildman–Crippen LogP) is 4.21. The molecule has 0 fully saturated rings. The van der Waals surface area contributed by atoms with E-state index < -0.39 is 0 Å². The Kier molecular flexibility index (Phi) is 9.89. The van der Waals surface area contributed by atoms with Gasteiger partial charge in [-0.2, -0.15) is 0 Å². The van der Waals surface area contributed by atoms with E-state index in [1.54, 1.807) is 0 Å². The van der Waals surface area contributed by atoms with Crippen LogP contribution in [0, 0.1) is 0 Å². The minimum Gasteiger partial charge on any atom is -0.287 e. The molecule has 0 saturated heterocycles. The van der Waals surface area contributed by atoms with Crippen LogP contribution in [0.25, 0.3) is 0 Å². The zero-order valence-electron chi connectivity index (χ0n) is 8.23. The van der Waals surface area contributed by atoms with Gasteiger partial charge in [0.1, 0.15) is 0 Å². The molecule has 0 heterocycles. The van der Waals surface area contributed by atoms with Crippen LogP contribution in [0.15, 0.2) is 12.7 Å². The molecule has 0 N–H and O–H groups in total. The Morgan fingerprint density at radius 2 is 1.62 bits per heavy atom. The fourth-order valence-electron chi connectivity index (χ4n) is 1.26. The molecule has 13 heavy (non-hydrogen) atoms. The summed E-state index contributed by atoms with van der Waals surface area (Å²) in [4.78, 5) is 10.5. The summed E-state index contributed by atoms with van der Waals surface area (Å²) in [6.07, 6.45) is 11.1. The molecule has 0 atom stereocenters. The van der Waals surface area contributed by atoms with Crippen LogP contribution >= 0.6 is 15.9 Å². The molecule has 0 aliphatic carbocycles. The van der Waals surface area contributed by atoms with Gasteiger partial charge in [0, 0.05) is 6.42 Å². The molecule has 0 saturated carbocycles. The quantitative estimate of drug-likeness (QED) is 0.339. The highest BCUT2D eigenvalue weighted by Gasteiger charge is 1.95. The molecule has 0 radical (unpaired) electrons. The second-order valence-electron chi connectivity index (χ2n) is 3.30. The van der Waals surface area contributed by atoms with Crippen molar-refractivity contribution in [3.8, 4) is 0 Å². The SMILES string of the molecule is C=CCCCCCCCCC(=O)Br. The Balaban J connectivity index is 2.91. The van der Waals surface area contributed by atoms with Gasteiger partial charge in [0.25, 0.3) is 0 Å². The van der Waals surface area contributed by atoms with Gasteiger partial charge in [-0.3, -0.25) is 4.79 Å². The summed E-state index contributed by atoms with van der Waals surface area (Å²) >= 11 is 2.93. The predicted molar refractivity (Wildman–Crippen MR) is 61.1 cm³/mol. The number of allylic oxidation sites excluding steroid dienone is 1. The summed E-state index contributed by atoms with van der Waals surface area (Å²) in [7, 11) is 0. The summed E-state index contributed by atoms with van der Waals surface area (Å²) in [6, 6.07) is 0. The molecule has 2 heteroatoms. The first-order valence-corrected chi connectivity index (χ1v) is 5.86. The first-order valence-electron chi connectivity index (χ1n) is 5.06. The molecular weight excluding hydrogens is 228 g/mol. The molecule has 0 aromatic carbocycles. The standard InChI is InChI=1S/C11H19BrO/c1-2-3-4-5-6-7-8-9-10-11(12)13/h2H,1,3-10H2. The number of halogens is 1. The van der Waals surface area contributed by atoms with E-state index in [0.29, 0.717) is 6.42 Å². The molecule has 0 aliphatic heterocycles. The third-order valence-electron chi connectivity index (χ3n) is 2.03. The molecule has 0 unspecified atom stereocenters. The molecule has 0 rings (SSSR count). The number of hydrogen-bond acceptors (Lipinski definition) is 1. The summed E-state index contributed by atoms with van der Waals surface area (Å²) in [5, 5.41) is 0. The summed E-state index contributed by atoms with van der Waals surface area (Å²) < 4.78 is 0.138. The van der Waals surface area contributed by atoms with Gasteiger partial charge >= 0.3 is 0 Å². The van der Waals surface area contributed by atoms with Crippen molar-refractivity contribution in [2.45, 2.75) is 51.4 Å². The largest absolute Gasteiger partial charge is 0.287 e. The molecular formula is C11H19BrO. The molecule has 0 amide bonds. The Morgan fingerprint density at radius 3 is 2.15 bits per heavy atom. The zero-order chi connectivity index (χ0) is 9.94. The summed E-state index contributed by atoms with van der Waals surface area (Å²) in [6.45, 7) is 3.68. The van der Waals surface area contributed by atoms with E-state index in [2.05, 4.69) is 22.5 Å². The Hall–Kier alpha value is -0.110. The van der Waals surface area contributed by atoms with E-state index in [9.17, 15) is 4.79 Å². The van der Waals surface area contributed by atoms with Gasteiger partial charge in [0.05, 0.1) is 0 Å². The van der Waals surface area contributed by atoms with Crippen LogP contribution in [0.5, 0.6) is 0 Å². The lowest BCUT2D eigenvalue weighted by Gasteiger charge is -1.98. The molecule has 1 nitrogen and oxygen atoms in total. The van der Waals surface area contributed by atoms with Crippen LogP contribution < -0.4 is 0 Å². The third kappa shape index (κ3) is 11.9.